The van der Waals surface area contributed by atoms with E-state index in [0.29, 0.717) is 0 Å². The smallest absolute Gasteiger partial charge is 0.0988 e. The van der Waals surface area contributed by atoms with Gasteiger partial charge in [0.15, 0.2) is 0 Å². The Balaban J connectivity index is 1.39. The van der Waals surface area contributed by atoms with Gasteiger partial charge < -0.3 is 29.7 Å². The number of likely N-dealkylation sites (tertiary alicyclic amines) is 1. The van der Waals surface area contributed by atoms with E-state index in [9.17, 15) is 5.11 Å². The van der Waals surface area contributed by atoms with Crippen LogP contribution in [-0.4, -0.2) is 89.5 Å². The lowest BCUT2D eigenvalue weighted by atomic mass is 10.1. The normalized spacial score (nSPS) is 17.2. The van der Waals surface area contributed by atoms with Gasteiger partial charge in [0.25, 0.3) is 0 Å². The number of nitrogens with one attached hydrogen (secondary N) is 1. The highest BCUT2D eigenvalue weighted by Gasteiger charge is 2.25. The van der Waals surface area contributed by atoms with Gasteiger partial charge in [0.05, 0.1) is 33.9 Å². The van der Waals surface area contributed by atoms with Crippen molar-refractivity contribution in [2.45, 2.75) is 45.8 Å². The number of rotatable bonds is 9. The van der Waals surface area contributed by atoms with Crippen molar-refractivity contribution in [3.63, 3.8) is 0 Å². The molecule has 2 aromatic heterocycles. The van der Waals surface area contributed by atoms with Gasteiger partial charge in [-0.05, 0) is 56.6 Å². The van der Waals surface area contributed by atoms with Crippen molar-refractivity contribution >= 4 is 44.2 Å². The first-order valence-corrected chi connectivity index (χ1v) is 14.6. The van der Waals surface area contributed by atoms with Gasteiger partial charge in [0.2, 0.25) is 0 Å². The zero-order valence-corrected chi connectivity index (χ0v) is 23.0. The van der Waals surface area contributed by atoms with Crippen LogP contribution < -0.4 is 10.2 Å². The van der Waals surface area contributed by atoms with Crippen LogP contribution in [0, 0.1) is 0 Å². The van der Waals surface area contributed by atoms with Crippen molar-refractivity contribution in [1.29, 1.82) is 0 Å². The van der Waals surface area contributed by atoms with E-state index >= 15 is 0 Å². The van der Waals surface area contributed by atoms with E-state index in [2.05, 4.69) is 80.9 Å². The summed E-state index contributed by atoms with van der Waals surface area (Å²) in [6.45, 7) is 14.6. The fraction of sp³-hybridized carbons (Fsp3) is 0.516. The highest BCUT2D eigenvalue weighted by Crippen LogP contribution is 2.41. The van der Waals surface area contributed by atoms with E-state index in [1.54, 1.807) is 0 Å². The Morgan fingerprint density at radius 1 is 0.974 bits per heavy atom. The second-order valence-electron chi connectivity index (χ2n) is 10.9. The van der Waals surface area contributed by atoms with E-state index < -0.39 is 0 Å². The maximum absolute atomic E-state index is 9.95. The number of anilines is 2. The fourth-order valence-electron chi connectivity index (χ4n) is 6.43. The molecule has 0 unspecified atom stereocenters. The molecule has 38 heavy (non-hydrogen) atoms. The number of benzene rings is 2. The first kappa shape index (κ1) is 25.4. The van der Waals surface area contributed by atoms with Crippen molar-refractivity contribution < 1.29 is 5.11 Å². The molecular formula is C31H42N6O. The SMILES string of the molecule is CCN(CC)CCNc1ccc2c3c4c(nc2c1)c1ccccc1n4CCCN3CCN1CCC(O)CC1. The first-order valence-electron chi connectivity index (χ1n) is 14.6. The zero-order valence-electron chi connectivity index (χ0n) is 23.0. The second kappa shape index (κ2) is 11.1. The summed E-state index contributed by atoms with van der Waals surface area (Å²) in [4.78, 5) is 12.9. The number of aryl methyl sites for hydroxylation is 1. The molecule has 1 fully saturated rings. The van der Waals surface area contributed by atoms with Gasteiger partial charge in [-0.2, -0.15) is 0 Å². The Kier molecular flexibility index (Phi) is 7.41. The number of pyridine rings is 1. The molecule has 2 N–H and O–H groups in total. The molecule has 0 spiro atoms. The number of fused-ring (bicyclic) bond motifs is 5. The van der Waals surface area contributed by atoms with E-state index in [4.69, 9.17) is 4.98 Å². The molecule has 7 heteroatoms. The van der Waals surface area contributed by atoms with Gasteiger partial charge in [0.1, 0.15) is 0 Å². The molecule has 0 saturated carbocycles. The van der Waals surface area contributed by atoms with Crippen molar-refractivity contribution in [2.75, 3.05) is 69.1 Å². The van der Waals surface area contributed by atoms with Crippen LogP contribution in [0.4, 0.5) is 11.4 Å². The fourth-order valence-corrected chi connectivity index (χ4v) is 6.43. The number of nitrogens with zero attached hydrogens (tertiary/aromatic N) is 5. The highest BCUT2D eigenvalue weighted by molar-refractivity contribution is 6.17. The Bertz CT molecular complexity index is 1400. The minimum atomic E-state index is -0.126. The molecule has 0 radical (unpaired) electrons. The third-order valence-electron chi connectivity index (χ3n) is 8.67. The van der Waals surface area contributed by atoms with Crippen LogP contribution in [0.15, 0.2) is 42.5 Å². The number of likely N-dealkylation sites (N-methyl/N-ethyl adjacent to an activating group) is 1. The monoisotopic (exact) mass is 514 g/mol. The topological polar surface area (TPSA) is 59.8 Å². The summed E-state index contributed by atoms with van der Waals surface area (Å²) in [5.74, 6) is 0. The molecule has 202 valence electrons. The van der Waals surface area contributed by atoms with Gasteiger partial charge in [-0.25, -0.2) is 4.98 Å². The van der Waals surface area contributed by atoms with E-state index in [-0.39, 0.29) is 6.10 Å². The predicted octanol–water partition coefficient (Wildman–Crippen LogP) is 4.76. The molecule has 0 aliphatic carbocycles. The number of para-hydroxylation sites is 1. The summed E-state index contributed by atoms with van der Waals surface area (Å²) in [5.41, 5.74) is 7.24. The van der Waals surface area contributed by atoms with Crippen molar-refractivity contribution in [3.05, 3.63) is 42.5 Å². The van der Waals surface area contributed by atoms with Crippen LogP contribution in [0.1, 0.15) is 33.1 Å². The highest BCUT2D eigenvalue weighted by atomic mass is 16.3. The Morgan fingerprint density at radius 2 is 1.79 bits per heavy atom. The van der Waals surface area contributed by atoms with Gasteiger partial charge in [-0.15, -0.1) is 0 Å². The molecule has 1 saturated heterocycles. The standard InChI is InChI=1S/C31H42N6O/c1-3-34(4-2)19-14-32-23-10-11-25-27(22-23)33-29-26-8-5-6-9-28(26)37-16-7-15-36(30(25)31(29)37)21-20-35-17-12-24(38)13-18-35/h5-6,8-11,22,24,32,38H,3-4,7,12-21H2,1-2H3. The average Bonchev–Trinajstić information content (AvgIpc) is 3.12. The quantitative estimate of drug-likeness (QED) is 0.336. The number of hydrogen-bond donors (Lipinski definition) is 2. The summed E-state index contributed by atoms with van der Waals surface area (Å²) in [5, 5.41) is 16.1. The summed E-state index contributed by atoms with van der Waals surface area (Å²) >= 11 is 0. The van der Waals surface area contributed by atoms with Crippen LogP contribution in [0.2, 0.25) is 0 Å². The number of aromatic nitrogens is 2. The van der Waals surface area contributed by atoms with Crippen LogP contribution in [0.5, 0.6) is 0 Å². The third kappa shape index (κ3) is 4.83. The molecule has 7 nitrogen and oxygen atoms in total. The van der Waals surface area contributed by atoms with Crippen LogP contribution >= 0.6 is 0 Å². The lowest BCUT2D eigenvalue weighted by Crippen LogP contribution is -2.41. The van der Waals surface area contributed by atoms with Crippen molar-refractivity contribution in [1.82, 2.24) is 19.4 Å². The van der Waals surface area contributed by atoms with Gasteiger partial charge in [0, 0.05) is 68.8 Å². The summed E-state index contributed by atoms with van der Waals surface area (Å²) in [6.07, 6.45) is 2.77. The van der Waals surface area contributed by atoms with Crippen LogP contribution in [0.25, 0.3) is 32.8 Å². The Labute approximate surface area is 226 Å². The number of aliphatic hydroxyl groups is 1. The third-order valence-corrected chi connectivity index (χ3v) is 8.67. The number of hydrogen-bond acceptors (Lipinski definition) is 6. The molecule has 4 aromatic rings. The molecule has 6 rings (SSSR count). The minimum absolute atomic E-state index is 0.126. The largest absolute Gasteiger partial charge is 0.393 e. The maximum Gasteiger partial charge on any atom is 0.0988 e. The van der Waals surface area contributed by atoms with E-state index in [0.717, 1.165) is 101 Å². The van der Waals surface area contributed by atoms with E-state index in [1.807, 2.05) is 0 Å². The van der Waals surface area contributed by atoms with Crippen LogP contribution in [0.3, 0.4) is 0 Å². The Morgan fingerprint density at radius 3 is 2.61 bits per heavy atom. The van der Waals surface area contributed by atoms with Crippen molar-refractivity contribution in [3.8, 4) is 0 Å². The van der Waals surface area contributed by atoms with Gasteiger partial charge in [-0.3, -0.25) is 0 Å². The molecule has 0 bridgehead atoms. The Hall–Kier alpha value is -2.87. The first-order chi connectivity index (χ1) is 18.7. The number of aliphatic hydroxyl groups excluding tert-OH is 1. The van der Waals surface area contributed by atoms with Crippen molar-refractivity contribution in [2.24, 2.45) is 0 Å². The molecule has 0 atom stereocenters. The number of piperidine rings is 1. The lowest BCUT2D eigenvalue weighted by molar-refractivity contribution is 0.0838. The minimum Gasteiger partial charge on any atom is -0.393 e. The summed E-state index contributed by atoms with van der Waals surface area (Å²) in [6, 6.07) is 15.5. The maximum atomic E-state index is 9.95. The lowest BCUT2D eigenvalue weighted by Gasteiger charge is -2.33. The van der Waals surface area contributed by atoms with Gasteiger partial charge in [-0.1, -0.05) is 32.0 Å². The molecular weight excluding hydrogens is 472 g/mol. The molecule has 2 aliphatic heterocycles. The average molecular weight is 515 g/mol. The zero-order chi connectivity index (χ0) is 26.1. The molecule has 0 amide bonds. The van der Waals surface area contributed by atoms with E-state index in [1.165, 1.54) is 27.5 Å². The van der Waals surface area contributed by atoms with Crippen LogP contribution in [-0.2, 0) is 6.54 Å². The summed E-state index contributed by atoms with van der Waals surface area (Å²) < 4.78 is 2.51. The molecule has 2 aliphatic rings. The summed E-state index contributed by atoms with van der Waals surface area (Å²) in [7, 11) is 0. The molecule has 2 aromatic carbocycles. The molecule has 4 heterocycles. The second-order valence-corrected chi connectivity index (χ2v) is 10.9. The predicted molar refractivity (Wildman–Crippen MR) is 160 cm³/mol. The van der Waals surface area contributed by atoms with Gasteiger partial charge >= 0.3 is 0 Å².